The maximum Gasteiger partial charge on any atom is 0.224 e. The van der Waals surface area contributed by atoms with Crippen LogP contribution in [0.2, 0.25) is 0 Å². The molecule has 1 amide bonds. The monoisotopic (exact) mass is 383 g/mol. The largest absolute Gasteiger partial charge is 0.367 e. The van der Waals surface area contributed by atoms with Crippen molar-refractivity contribution in [2.45, 2.75) is 60.9 Å². The number of carbonyl (C=O) groups is 1. The second-order valence-corrected chi connectivity index (χ2v) is 9.11. The quantitative estimate of drug-likeness (QED) is 0.752. The molecule has 0 bridgehead atoms. The van der Waals surface area contributed by atoms with Crippen LogP contribution in [0.15, 0.2) is 18.2 Å². The third-order valence-corrected chi connectivity index (χ3v) is 5.14. The first-order valence-corrected chi connectivity index (χ1v) is 9.84. The lowest BCUT2D eigenvalue weighted by atomic mass is 9.92. The number of fused-ring (bicyclic) bond motifs is 1. The van der Waals surface area contributed by atoms with Crippen molar-refractivity contribution in [3.05, 3.63) is 52.1 Å². The fraction of sp³-hybridized carbons (Fsp3) is 0.478. The second-order valence-electron chi connectivity index (χ2n) is 9.11. The molecule has 0 saturated carbocycles. The highest BCUT2D eigenvalue weighted by atomic mass is 19.1. The zero-order valence-electron chi connectivity index (χ0n) is 17.7. The summed E-state index contributed by atoms with van der Waals surface area (Å²) in [5.41, 5.74) is 6.62. The Bertz CT molecular complexity index is 892. The van der Waals surface area contributed by atoms with E-state index in [1.165, 1.54) is 0 Å². The van der Waals surface area contributed by atoms with Gasteiger partial charge in [-0.1, -0.05) is 20.8 Å². The summed E-state index contributed by atoms with van der Waals surface area (Å²) in [4.78, 5) is 18.8. The fourth-order valence-electron chi connectivity index (χ4n) is 3.77. The predicted octanol–water partition coefficient (Wildman–Crippen LogP) is 5.08. The minimum atomic E-state index is -0.366. The van der Waals surface area contributed by atoms with Crippen molar-refractivity contribution in [2.24, 2.45) is 5.41 Å². The lowest BCUT2D eigenvalue weighted by molar-refractivity contribution is -0.117. The summed E-state index contributed by atoms with van der Waals surface area (Å²) in [5, 5.41) is 3.09. The molecular weight excluding hydrogens is 353 g/mol. The Kier molecular flexibility index (Phi) is 5.46. The van der Waals surface area contributed by atoms with Crippen LogP contribution in [0.5, 0.6) is 0 Å². The van der Waals surface area contributed by atoms with Crippen LogP contribution in [0.4, 0.5) is 15.8 Å². The Balaban J connectivity index is 1.81. The van der Waals surface area contributed by atoms with Gasteiger partial charge in [0.1, 0.15) is 0 Å². The zero-order chi connectivity index (χ0) is 20.6. The molecular formula is C23H30FN3O. The van der Waals surface area contributed by atoms with E-state index in [1.54, 1.807) is 6.92 Å². The number of aromatic nitrogens is 1. The van der Waals surface area contributed by atoms with Crippen molar-refractivity contribution in [2.75, 3.05) is 16.8 Å². The van der Waals surface area contributed by atoms with E-state index in [-0.39, 0.29) is 17.3 Å². The SMILES string of the molecule is Cc1cc2c(nc1F)CCN(c1cc(C)c(NC(=O)CC(C)(C)C)c(C)c1)C2. The number of aryl methyl sites for hydroxylation is 3. The number of nitrogens with zero attached hydrogens (tertiary/aromatic N) is 2. The number of amides is 1. The van der Waals surface area contributed by atoms with Crippen molar-refractivity contribution >= 4 is 17.3 Å². The molecule has 0 spiro atoms. The van der Waals surface area contributed by atoms with Crippen molar-refractivity contribution in [3.8, 4) is 0 Å². The standard InChI is InChI=1S/C23H30FN3O/c1-14-10-18(11-15(2)21(14)26-20(28)12-23(4,5)6)27-8-7-19-17(13-27)9-16(3)22(24)25-19/h9-11H,7-8,12-13H2,1-6H3,(H,26,28). The minimum Gasteiger partial charge on any atom is -0.367 e. The maximum absolute atomic E-state index is 13.7. The average Bonchev–Trinajstić information content (AvgIpc) is 2.57. The number of pyridine rings is 1. The smallest absolute Gasteiger partial charge is 0.224 e. The summed E-state index contributed by atoms with van der Waals surface area (Å²) in [6, 6.07) is 6.15. The Morgan fingerprint density at radius 1 is 1.14 bits per heavy atom. The van der Waals surface area contributed by atoms with Crippen LogP contribution in [0, 0.1) is 32.1 Å². The topological polar surface area (TPSA) is 45.2 Å². The fourth-order valence-corrected chi connectivity index (χ4v) is 3.77. The Morgan fingerprint density at radius 3 is 2.39 bits per heavy atom. The van der Waals surface area contributed by atoms with E-state index < -0.39 is 0 Å². The van der Waals surface area contributed by atoms with Gasteiger partial charge in [-0.3, -0.25) is 4.79 Å². The summed E-state index contributed by atoms with van der Waals surface area (Å²) in [6.07, 6.45) is 1.22. The molecule has 2 heterocycles. The first-order valence-electron chi connectivity index (χ1n) is 9.84. The highest BCUT2D eigenvalue weighted by molar-refractivity contribution is 5.93. The lowest BCUT2D eigenvalue weighted by Gasteiger charge is -2.31. The molecule has 1 aliphatic rings. The maximum atomic E-state index is 13.7. The number of rotatable bonds is 3. The van der Waals surface area contributed by atoms with Gasteiger partial charge in [0.2, 0.25) is 11.9 Å². The summed E-state index contributed by atoms with van der Waals surface area (Å²) >= 11 is 0. The molecule has 0 atom stereocenters. The first-order chi connectivity index (χ1) is 13.0. The predicted molar refractivity (Wildman–Crippen MR) is 112 cm³/mol. The zero-order valence-corrected chi connectivity index (χ0v) is 17.7. The minimum absolute atomic E-state index is 0.0430. The van der Waals surface area contributed by atoms with E-state index in [2.05, 4.69) is 48.1 Å². The molecule has 4 nitrogen and oxygen atoms in total. The number of halogens is 1. The van der Waals surface area contributed by atoms with Crippen molar-refractivity contribution < 1.29 is 9.18 Å². The van der Waals surface area contributed by atoms with Gasteiger partial charge >= 0.3 is 0 Å². The molecule has 150 valence electrons. The molecule has 0 unspecified atom stereocenters. The average molecular weight is 384 g/mol. The molecule has 1 N–H and O–H groups in total. The van der Waals surface area contributed by atoms with Gasteiger partial charge in [0.05, 0.1) is 5.69 Å². The van der Waals surface area contributed by atoms with Crippen molar-refractivity contribution in [1.82, 2.24) is 4.98 Å². The molecule has 5 heteroatoms. The molecule has 1 aliphatic heterocycles. The van der Waals surface area contributed by atoms with E-state index in [1.807, 2.05) is 19.9 Å². The number of hydrogen-bond acceptors (Lipinski definition) is 3. The number of hydrogen-bond donors (Lipinski definition) is 1. The highest BCUT2D eigenvalue weighted by Gasteiger charge is 2.21. The number of anilines is 2. The third-order valence-electron chi connectivity index (χ3n) is 5.14. The van der Waals surface area contributed by atoms with Crippen LogP contribution < -0.4 is 10.2 Å². The molecule has 1 aromatic carbocycles. The summed E-state index contributed by atoms with van der Waals surface area (Å²) in [5.74, 6) is -0.323. The van der Waals surface area contributed by atoms with E-state index in [0.717, 1.165) is 53.3 Å². The number of carbonyl (C=O) groups excluding carboxylic acids is 1. The lowest BCUT2D eigenvalue weighted by Crippen LogP contribution is -2.31. The van der Waals surface area contributed by atoms with Crippen LogP contribution in [-0.2, 0) is 17.8 Å². The van der Waals surface area contributed by atoms with Gasteiger partial charge < -0.3 is 10.2 Å². The van der Waals surface area contributed by atoms with Crippen LogP contribution in [0.3, 0.4) is 0 Å². The van der Waals surface area contributed by atoms with Gasteiger partial charge in [0.25, 0.3) is 0 Å². The highest BCUT2D eigenvalue weighted by Crippen LogP contribution is 2.31. The summed E-state index contributed by atoms with van der Waals surface area (Å²) < 4.78 is 13.7. The summed E-state index contributed by atoms with van der Waals surface area (Å²) in [7, 11) is 0. The van der Waals surface area contributed by atoms with Gasteiger partial charge in [-0.2, -0.15) is 4.39 Å². The summed E-state index contributed by atoms with van der Waals surface area (Å²) in [6.45, 7) is 13.5. The van der Waals surface area contributed by atoms with E-state index in [4.69, 9.17) is 0 Å². The van der Waals surface area contributed by atoms with E-state index >= 15 is 0 Å². The van der Waals surface area contributed by atoms with Crippen LogP contribution in [0.1, 0.15) is 55.1 Å². The Morgan fingerprint density at radius 2 is 1.79 bits per heavy atom. The Hall–Kier alpha value is -2.43. The van der Waals surface area contributed by atoms with E-state index in [0.29, 0.717) is 12.0 Å². The van der Waals surface area contributed by atoms with Gasteiger partial charge in [-0.15, -0.1) is 0 Å². The van der Waals surface area contributed by atoms with Crippen molar-refractivity contribution in [3.63, 3.8) is 0 Å². The molecule has 0 saturated heterocycles. The molecule has 2 aromatic rings. The molecule has 0 fully saturated rings. The molecule has 3 rings (SSSR count). The molecule has 0 aliphatic carbocycles. The van der Waals surface area contributed by atoms with Crippen LogP contribution in [-0.4, -0.2) is 17.4 Å². The van der Waals surface area contributed by atoms with Crippen molar-refractivity contribution in [1.29, 1.82) is 0 Å². The number of nitrogens with one attached hydrogen (secondary N) is 1. The second kappa shape index (κ2) is 7.53. The van der Waals surface area contributed by atoms with Gasteiger partial charge in [0, 0.05) is 42.9 Å². The third kappa shape index (κ3) is 4.51. The van der Waals surface area contributed by atoms with E-state index in [9.17, 15) is 9.18 Å². The van der Waals surface area contributed by atoms with Gasteiger partial charge in [-0.25, -0.2) is 4.98 Å². The van der Waals surface area contributed by atoms with Crippen LogP contribution >= 0.6 is 0 Å². The number of benzene rings is 1. The van der Waals surface area contributed by atoms with Gasteiger partial charge in [0.15, 0.2) is 0 Å². The molecule has 28 heavy (non-hydrogen) atoms. The molecule has 1 aromatic heterocycles. The Labute approximate surface area is 167 Å². The molecule has 0 radical (unpaired) electrons. The normalized spacial score (nSPS) is 14.0. The van der Waals surface area contributed by atoms with Crippen LogP contribution in [0.25, 0.3) is 0 Å². The first kappa shape index (κ1) is 20.3. The van der Waals surface area contributed by atoms with Gasteiger partial charge in [-0.05, 0) is 61.1 Å².